The molecule has 5 nitrogen and oxygen atoms in total. The predicted molar refractivity (Wildman–Crippen MR) is 104 cm³/mol. The van der Waals surface area contributed by atoms with Crippen LogP contribution in [0.2, 0.25) is 0 Å². The Morgan fingerprint density at radius 3 is 2.56 bits per heavy atom. The fourth-order valence-electron chi connectivity index (χ4n) is 4.16. The summed E-state index contributed by atoms with van der Waals surface area (Å²) < 4.78 is 38.1. The number of nitrogens with one attached hydrogen (secondary N) is 1. The van der Waals surface area contributed by atoms with Crippen LogP contribution >= 0.6 is 0 Å². The van der Waals surface area contributed by atoms with Crippen molar-refractivity contribution in [2.24, 2.45) is 16.8 Å². The first-order chi connectivity index (χ1) is 12.8. The molecule has 0 aromatic rings. The van der Waals surface area contributed by atoms with Crippen LogP contribution in [0.15, 0.2) is 4.99 Å². The highest BCUT2D eigenvalue weighted by Gasteiger charge is 2.33. The highest BCUT2D eigenvalue weighted by molar-refractivity contribution is 5.80. The molecule has 0 saturated carbocycles. The highest BCUT2D eigenvalue weighted by atomic mass is 19.4. The third-order valence-corrected chi connectivity index (χ3v) is 5.51. The smallest absolute Gasteiger partial charge is 0.357 e. The number of rotatable bonds is 7. The molecule has 2 heterocycles. The van der Waals surface area contributed by atoms with Crippen LogP contribution < -0.4 is 5.32 Å². The molecule has 0 aromatic heterocycles. The molecule has 0 aliphatic carbocycles. The van der Waals surface area contributed by atoms with Crippen LogP contribution in [-0.4, -0.2) is 92.8 Å². The summed E-state index contributed by atoms with van der Waals surface area (Å²) in [6.07, 6.45) is -0.757. The summed E-state index contributed by atoms with van der Waals surface area (Å²) in [7, 11) is 2.16. The van der Waals surface area contributed by atoms with Crippen molar-refractivity contribution in [1.82, 2.24) is 20.0 Å². The lowest BCUT2D eigenvalue weighted by Gasteiger charge is -2.29. The normalized spacial score (nSPS) is 25.4. The summed E-state index contributed by atoms with van der Waals surface area (Å²) in [4.78, 5) is 11.0. The van der Waals surface area contributed by atoms with E-state index in [0.717, 1.165) is 45.1 Å². The minimum Gasteiger partial charge on any atom is -0.357 e. The first-order valence-electron chi connectivity index (χ1n) is 10.3. The third-order valence-electron chi connectivity index (χ3n) is 5.51. The van der Waals surface area contributed by atoms with E-state index >= 15 is 0 Å². The number of alkyl halides is 3. The zero-order valence-corrected chi connectivity index (χ0v) is 17.1. The second-order valence-electron chi connectivity index (χ2n) is 8.01. The Morgan fingerprint density at radius 2 is 1.93 bits per heavy atom. The molecule has 2 unspecified atom stereocenters. The van der Waals surface area contributed by atoms with Gasteiger partial charge < -0.3 is 15.1 Å². The molecule has 2 rings (SSSR count). The van der Waals surface area contributed by atoms with E-state index in [1.54, 1.807) is 6.92 Å². The van der Waals surface area contributed by atoms with Crippen molar-refractivity contribution in [2.45, 2.75) is 39.3 Å². The number of piperidine rings is 1. The highest BCUT2D eigenvalue weighted by Crippen LogP contribution is 2.22. The zero-order chi connectivity index (χ0) is 19.9. The fraction of sp³-hybridized carbons (Fsp3) is 0.947. The van der Waals surface area contributed by atoms with Crippen LogP contribution in [0.4, 0.5) is 13.2 Å². The van der Waals surface area contributed by atoms with Gasteiger partial charge in [-0.3, -0.25) is 9.89 Å². The maximum absolute atomic E-state index is 12.7. The molecule has 0 aromatic carbocycles. The molecule has 2 aliphatic rings. The van der Waals surface area contributed by atoms with Crippen LogP contribution in [0.5, 0.6) is 0 Å². The summed E-state index contributed by atoms with van der Waals surface area (Å²) in [6.45, 7) is 9.50. The Balaban J connectivity index is 1.87. The second-order valence-corrected chi connectivity index (χ2v) is 8.01. The number of halogens is 3. The lowest BCUT2D eigenvalue weighted by molar-refractivity contribution is -0.146. The SMILES string of the molecule is CCNC(=NCC1CCCN(C)C1)N1CCC(CN(CC)CC(F)(F)F)C1. The maximum atomic E-state index is 12.7. The van der Waals surface area contributed by atoms with Gasteiger partial charge in [-0.15, -0.1) is 0 Å². The molecule has 0 spiro atoms. The van der Waals surface area contributed by atoms with Crippen LogP contribution in [0.3, 0.4) is 0 Å². The molecule has 8 heteroatoms. The predicted octanol–water partition coefficient (Wildman–Crippen LogP) is 2.50. The van der Waals surface area contributed by atoms with Crippen molar-refractivity contribution in [1.29, 1.82) is 0 Å². The van der Waals surface area contributed by atoms with Crippen molar-refractivity contribution < 1.29 is 13.2 Å². The van der Waals surface area contributed by atoms with Gasteiger partial charge in [0.15, 0.2) is 5.96 Å². The Labute approximate surface area is 162 Å². The standard InChI is InChI=1S/C19H36F3N5/c1-4-23-18(24-11-16-7-6-9-25(3)12-16)27-10-8-17(14-27)13-26(5-2)15-19(20,21)22/h16-17H,4-15H2,1-3H3,(H,23,24). The fourth-order valence-corrected chi connectivity index (χ4v) is 4.16. The number of aliphatic imine (C=N–C) groups is 1. The Morgan fingerprint density at radius 1 is 1.15 bits per heavy atom. The molecular weight excluding hydrogens is 355 g/mol. The maximum Gasteiger partial charge on any atom is 0.401 e. The van der Waals surface area contributed by atoms with Crippen LogP contribution in [0.1, 0.15) is 33.1 Å². The molecule has 0 bridgehead atoms. The van der Waals surface area contributed by atoms with Crippen molar-refractivity contribution in [3.63, 3.8) is 0 Å². The number of nitrogens with zero attached hydrogens (tertiary/aromatic N) is 4. The summed E-state index contributed by atoms with van der Waals surface area (Å²) in [5.74, 6) is 1.78. The van der Waals surface area contributed by atoms with Crippen LogP contribution in [0, 0.1) is 11.8 Å². The van der Waals surface area contributed by atoms with Gasteiger partial charge >= 0.3 is 6.18 Å². The first-order valence-corrected chi connectivity index (χ1v) is 10.3. The van der Waals surface area contributed by atoms with E-state index in [-0.39, 0.29) is 5.92 Å². The van der Waals surface area contributed by atoms with Gasteiger partial charge in [-0.1, -0.05) is 6.92 Å². The lowest BCUT2D eigenvalue weighted by atomic mass is 9.99. The van der Waals surface area contributed by atoms with Crippen molar-refractivity contribution >= 4 is 5.96 Å². The van der Waals surface area contributed by atoms with Gasteiger partial charge in [0.1, 0.15) is 0 Å². The molecule has 2 fully saturated rings. The first kappa shape index (κ1) is 22.3. The average Bonchev–Trinajstić information content (AvgIpc) is 3.05. The summed E-state index contributed by atoms with van der Waals surface area (Å²) >= 11 is 0. The third kappa shape index (κ3) is 7.86. The number of likely N-dealkylation sites (tertiary alicyclic amines) is 2. The minimum atomic E-state index is -4.13. The van der Waals surface area contributed by atoms with E-state index in [2.05, 4.69) is 29.1 Å². The zero-order valence-electron chi connectivity index (χ0n) is 17.1. The molecule has 158 valence electrons. The Kier molecular flexibility index (Phi) is 8.66. The molecule has 0 radical (unpaired) electrons. The van der Waals surface area contributed by atoms with Gasteiger partial charge in [0.25, 0.3) is 0 Å². The largest absolute Gasteiger partial charge is 0.401 e. The van der Waals surface area contributed by atoms with Gasteiger partial charge in [-0.25, -0.2) is 0 Å². The second kappa shape index (κ2) is 10.5. The summed E-state index contributed by atoms with van der Waals surface area (Å²) in [5, 5.41) is 3.37. The lowest BCUT2D eigenvalue weighted by Crippen LogP contribution is -2.42. The van der Waals surface area contributed by atoms with Crippen molar-refractivity contribution in [3.8, 4) is 0 Å². The van der Waals surface area contributed by atoms with Gasteiger partial charge in [0.2, 0.25) is 0 Å². The molecule has 0 amide bonds. The van der Waals surface area contributed by atoms with Gasteiger partial charge in [0.05, 0.1) is 6.54 Å². The number of hydrogen-bond donors (Lipinski definition) is 1. The molecular formula is C19H36F3N5. The van der Waals surface area contributed by atoms with Gasteiger partial charge in [-0.05, 0) is 58.2 Å². The number of hydrogen-bond acceptors (Lipinski definition) is 3. The monoisotopic (exact) mass is 391 g/mol. The van der Waals surface area contributed by atoms with E-state index in [9.17, 15) is 13.2 Å². The molecule has 1 N–H and O–H groups in total. The van der Waals surface area contributed by atoms with E-state index in [4.69, 9.17) is 4.99 Å². The quantitative estimate of drug-likeness (QED) is 0.534. The van der Waals surface area contributed by atoms with Crippen molar-refractivity contribution in [3.05, 3.63) is 0 Å². The van der Waals surface area contributed by atoms with Crippen molar-refractivity contribution in [2.75, 3.05) is 66.0 Å². The van der Waals surface area contributed by atoms with E-state index in [1.165, 1.54) is 24.3 Å². The summed E-state index contributed by atoms with van der Waals surface area (Å²) in [6, 6.07) is 0. The van der Waals surface area contributed by atoms with E-state index < -0.39 is 12.7 Å². The topological polar surface area (TPSA) is 34.1 Å². The molecule has 27 heavy (non-hydrogen) atoms. The van der Waals surface area contributed by atoms with Crippen LogP contribution in [-0.2, 0) is 0 Å². The molecule has 2 aliphatic heterocycles. The number of guanidine groups is 1. The van der Waals surface area contributed by atoms with Gasteiger partial charge in [0, 0.05) is 39.3 Å². The van der Waals surface area contributed by atoms with E-state index in [1.807, 2.05) is 0 Å². The Bertz CT molecular complexity index is 469. The average molecular weight is 392 g/mol. The molecule has 2 saturated heterocycles. The Hall–Kier alpha value is -1.02. The summed E-state index contributed by atoms with van der Waals surface area (Å²) in [5.41, 5.74) is 0. The minimum absolute atomic E-state index is 0.261. The van der Waals surface area contributed by atoms with Gasteiger partial charge in [-0.2, -0.15) is 13.2 Å². The van der Waals surface area contributed by atoms with E-state index in [0.29, 0.717) is 19.0 Å². The molecule has 2 atom stereocenters. The van der Waals surface area contributed by atoms with Crippen LogP contribution in [0.25, 0.3) is 0 Å².